The first-order valence-corrected chi connectivity index (χ1v) is 7.63. The summed E-state index contributed by atoms with van der Waals surface area (Å²) in [6, 6.07) is 10.2. The number of benzene rings is 2. The van der Waals surface area contributed by atoms with E-state index in [0.29, 0.717) is 16.5 Å². The van der Waals surface area contributed by atoms with Crippen molar-refractivity contribution in [3.8, 4) is 0 Å². The van der Waals surface area contributed by atoms with Gasteiger partial charge in [-0.25, -0.2) is 4.39 Å². The number of rotatable bonds is 4. The van der Waals surface area contributed by atoms with E-state index in [1.54, 1.807) is 6.07 Å². The summed E-state index contributed by atoms with van der Waals surface area (Å²) in [7, 11) is 1.86. The Morgan fingerprint density at radius 2 is 2.00 bits per heavy atom. The lowest BCUT2D eigenvalue weighted by Gasteiger charge is -2.19. The first-order valence-electron chi connectivity index (χ1n) is 6.08. The molecular formula is C15H13BrCl2FN. The summed E-state index contributed by atoms with van der Waals surface area (Å²) in [6.07, 6.45) is 0.631. The summed E-state index contributed by atoms with van der Waals surface area (Å²) in [5.41, 5.74) is 1.85. The Morgan fingerprint density at radius 3 is 2.65 bits per heavy atom. The summed E-state index contributed by atoms with van der Waals surface area (Å²) in [4.78, 5) is 0. The molecule has 0 aliphatic heterocycles. The predicted octanol–water partition coefficient (Wildman–Crippen LogP) is 5.40. The Bertz CT molecular complexity index is 619. The average molecular weight is 377 g/mol. The van der Waals surface area contributed by atoms with Gasteiger partial charge in [0.25, 0.3) is 0 Å². The fourth-order valence-corrected chi connectivity index (χ4v) is 2.95. The molecule has 0 radical (unpaired) electrons. The molecule has 106 valence electrons. The predicted molar refractivity (Wildman–Crippen MR) is 86.1 cm³/mol. The lowest BCUT2D eigenvalue weighted by atomic mass is 9.99. The molecule has 0 heterocycles. The number of nitrogens with one attached hydrogen (secondary N) is 1. The van der Waals surface area contributed by atoms with Gasteiger partial charge in [0.05, 0.1) is 5.02 Å². The van der Waals surface area contributed by atoms with Gasteiger partial charge in [-0.15, -0.1) is 0 Å². The molecule has 1 atom stereocenters. The molecule has 0 saturated heterocycles. The monoisotopic (exact) mass is 375 g/mol. The summed E-state index contributed by atoms with van der Waals surface area (Å²) >= 11 is 15.8. The molecule has 2 aromatic carbocycles. The lowest BCUT2D eigenvalue weighted by molar-refractivity contribution is 0.589. The Kier molecular flexibility index (Phi) is 5.44. The van der Waals surface area contributed by atoms with E-state index in [0.717, 1.165) is 15.6 Å². The highest BCUT2D eigenvalue weighted by atomic mass is 79.9. The molecular weight excluding hydrogens is 364 g/mol. The standard InChI is InChI=1S/C15H13BrCl2FN/c1-20-14(11-3-2-4-12(16)15(11)18)7-9-5-6-10(19)8-13(9)17/h2-6,8,14,20H,7H2,1H3. The normalized spacial score (nSPS) is 12.4. The van der Waals surface area contributed by atoms with Crippen LogP contribution in [0.15, 0.2) is 40.9 Å². The van der Waals surface area contributed by atoms with Gasteiger partial charge in [-0.05, 0) is 58.7 Å². The van der Waals surface area contributed by atoms with Gasteiger partial charge in [0, 0.05) is 15.5 Å². The number of hydrogen-bond acceptors (Lipinski definition) is 1. The van der Waals surface area contributed by atoms with E-state index in [4.69, 9.17) is 23.2 Å². The average Bonchev–Trinajstić information content (AvgIpc) is 2.42. The molecule has 0 aliphatic rings. The molecule has 1 nitrogen and oxygen atoms in total. The van der Waals surface area contributed by atoms with Gasteiger partial charge in [0.2, 0.25) is 0 Å². The molecule has 0 aliphatic carbocycles. The van der Waals surface area contributed by atoms with Crippen LogP contribution in [0.5, 0.6) is 0 Å². The summed E-state index contributed by atoms with van der Waals surface area (Å²) in [5, 5.41) is 4.32. The Balaban J connectivity index is 2.31. The van der Waals surface area contributed by atoms with Crippen LogP contribution in [0.25, 0.3) is 0 Å². The van der Waals surface area contributed by atoms with Crippen molar-refractivity contribution in [1.82, 2.24) is 5.32 Å². The highest BCUT2D eigenvalue weighted by Crippen LogP contribution is 2.32. The van der Waals surface area contributed by atoms with E-state index in [1.807, 2.05) is 25.2 Å². The van der Waals surface area contributed by atoms with Crippen LogP contribution in [0.2, 0.25) is 10.0 Å². The van der Waals surface area contributed by atoms with Gasteiger partial charge in [0.1, 0.15) is 5.82 Å². The SMILES string of the molecule is CNC(Cc1ccc(F)cc1Cl)c1cccc(Br)c1Cl. The summed E-state index contributed by atoms with van der Waals surface area (Å²) in [6.45, 7) is 0. The topological polar surface area (TPSA) is 12.0 Å². The number of halogens is 4. The fraction of sp³-hybridized carbons (Fsp3) is 0.200. The zero-order valence-electron chi connectivity index (χ0n) is 10.8. The van der Waals surface area contributed by atoms with Crippen LogP contribution in [0.3, 0.4) is 0 Å². The molecule has 0 amide bonds. The van der Waals surface area contributed by atoms with Crippen molar-refractivity contribution < 1.29 is 4.39 Å². The molecule has 0 fully saturated rings. The van der Waals surface area contributed by atoms with Crippen molar-refractivity contribution in [2.75, 3.05) is 7.05 Å². The van der Waals surface area contributed by atoms with Crippen molar-refractivity contribution in [3.63, 3.8) is 0 Å². The van der Waals surface area contributed by atoms with Crippen LogP contribution in [-0.4, -0.2) is 7.05 Å². The van der Waals surface area contributed by atoms with E-state index in [2.05, 4.69) is 21.2 Å². The van der Waals surface area contributed by atoms with Crippen molar-refractivity contribution >= 4 is 39.1 Å². The Labute approximate surface area is 136 Å². The molecule has 0 spiro atoms. The van der Waals surface area contributed by atoms with E-state index in [1.165, 1.54) is 12.1 Å². The molecule has 1 N–H and O–H groups in total. The van der Waals surface area contributed by atoms with Crippen molar-refractivity contribution in [1.29, 1.82) is 0 Å². The molecule has 2 rings (SSSR count). The van der Waals surface area contributed by atoms with Crippen LogP contribution < -0.4 is 5.32 Å². The highest BCUT2D eigenvalue weighted by molar-refractivity contribution is 9.10. The second-order valence-corrected chi connectivity index (χ2v) is 6.06. The maximum Gasteiger partial charge on any atom is 0.124 e. The third kappa shape index (κ3) is 3.53. The smallest absolute Gasteiger partial charge is 0.124 e. The van der Waals surface area contributed by atoms with Crippen molar-refractivity contribution in [2.45, 2.75) is 12.5 Å². The third-order valence-electron chi connectivity index (χ3n) is 3.14. The zero-order chi connectivity index (χ0) is 14.7. The van der Waals surface area contributed by atoms with E-state index < -0.39 is 0 Å². The van der Waals surface area contributed by atoms with Gasteiger partial charge in [0.15, 0.2) is 0 Å². The first kappa shape index (κ1) is 15.8. The largest absolute Gasteiger partial charge is 0.313 e. The highest BCUT2D eigenvalue weighted by Gasteiger charge is 2.16. The van der Waals surface area contributed by atoms with Crippen LogP contribution in [0, 0.1) is 5.82 Å². The van der Waals surface area contributed by atoms with Crippen LogP contribution in [-0.2, 0) is 6.42 Å². The first-order chi connectivity index (χ1) is 9.52. The fourth-order valence-electron chi connectivity index (χ4n) is 2.06. The summed E-state index contributed by atoms with van der Waals surface area (Å²) < 4.78 is 13.9. The Hall–Kier alpha value is -0.610. The summed E-state index contributed by atoms with van der Waals surface area (Å²) in [5.74, 6) is -0.333. The molecule has 0 saturated carbocycles. The lowest BCUT2D eigenvalue weighted by Crippen LogP contribution is -2.19. The van der Waals surface area contributed by atoms with Gasteiger partial charge in [-0.1, -0.05) is 41.4 Å². The molecule has 1 unspecified atom stereocenters. The minimum absolute atomic E-state index is 0.00274. The van der Waals surface area contributed by atoms with Crippen LogP contribution >= 0.6 is 39.1 Å². The maximum atomic E-state index is 13.1. The van der Waals surface area contributed by atoms with Crippen molar-refractivity contribution in [3.05, 3.63) is 67.9 Å². The van der Waals surface area contributed by atoms with E-state index >= 15 is 0 Å². The number of likely N-dealkylation sites (N-methyl/N-ethyl adjacent to an activating group) is 1. The molecule has 5 heteroatoms. The molecule has 0 aromatic heterocycles. The minimum Gasteiger partial charge on any atom is -0.313 e. The van der Waals surface area contributed by atoms with Gasteiger partial charge in [-0.2, -0.15) is 0 Å². The number of hydrogen-bond donors (Lipinski definition) is 1. The van der Waals surface area contributed by atoms with Crippen LogP contribution in [0.1, 0.15) is 17.2 Å². The van der Waals surface area contributed by atoms with Crippen LogP contribution in [0.4, 0.5) is 4.39 Å². The Morgan fingerprint density at radius 1 is 1.25 bits per heavy atom. The van der Waals surface area contributed by atoms with Gasteiger partial charge < -0.3 is 5.32 Å². The zero-order valence-corrected chi connectivity index (χ0v) is 13.9. The van der Waals surface area contributed by atoms with E-state index in [9.17, 15) is 4.39 Å². The molecule has 20 heavy (non-hydrogen) atoms. The molecule has 2 aromatic rings. The van der Waals surface area contributed by atoms with Gasteiger partial charge >= 0.3 is 0 Å². The van der Waals surface area contributed by atoms with Gasteiger partial charge in [-0.3, -0.25) is 0 Å². The second-order valence-electron chi connectivity index (χ2n) is 4.42. The molecule has 0 bridgehead atoms. The van der Waals surface area contributed by atoms with E-state index in [-0.39, 0.29) is 11.9 Å². The minimum atomic E-state index is -0.333. The maximum absolute atomic E-state index is 13.1. The second kappa shape index (κ2) is 6.90. The third-order valence-corrected chi connectivity index (χ3v) is 4.81. The van der Waals surface area contributed by atoms with Crippen molar-refractivity contribution in [2.24, 2.45) is 0 Å². The quantitative estimate of drug-likeness (QED) is 0.753.